The molecule has 0 atom stereocenters. The summed E-state index contributed by atoms with van der Waals surface area (Å²) in [5.41, 5.74) is 7.33. The van der Waals surface area contributed by atoms with Crippen LogP contribution >= 0.6 is 24.2 Å². The number of hydrogen-bond acceptors (Lipinski definition) is 3. The Morgan fingerprint density at radius 3 is 2.73 bits per heavy atom. The SMILES string of the molecule is Cl.N#CCc1cccc(CSC(=N)N)c1. The highest BCUT2D eigenvalue weighted by molar-refractivity contribution is 8.13. The van der Waals surface area contributed by atoms with Crippen molar-refractivity contribution >= 4 is 29.3 Å². The molecule has 0 saturated heterocycles. The van der Waals surface area contributed by atoms with E-state index in [0.717, 1.165) is 11.1 Å². The highest BCUT2D eigenvalue weighted by atomic mass is 35.5. The zero-order valence-corrected chi connectivity index (χ0v) is 9.70. The summed E-state index contributed by atoms with van der Waals surface area (Å²) in [7, 11) is 0. The van der Waals surface area contributed by atoms with Crippen LogP contribution in [0.3, 0.4) is 0 Å². The minimum absolute atomic E-state index is 0. The summed E-state index contributed by atoms with van der Waals surface area (Å²) in [6.07, 6.45) is 0.429. The van der Waals surface area contributed by atoms with Gasteiger partial charge in [-0.1, -0.05) is 36.0 Å². The second-order valence-electron chi connectivity index (χ2n) is 2.81. The van der Waals surface area contributed by atoms with Crippen molar-refractivity contribution in [3.05, 3.63) is 35.4 Å². The van der Waals surface area contributed by atoms with E-state index in [9.17, 15) is 0 Å². The molecule has 0 fully saturated rings. The molecule has 1 aromatic carbocycles. The first-order valence-electron chi connectivity index (χ1n) is 4.14. The van der Waals surface area contributed by atoms with Gasteiger partial charge in [0.25, 0.3) is 0 Å². The Labute approximate surface area is 99.6 Å². The Morgan fingerprint density at radius 2 is 2.13 bits per heavy atom. The summed E-state index contributed by atoms with van der Waals surface area (Å²) in [5.74, 6) is 0.689. The third-order valence-corrected chi connectivity index (χ3v) is 2.46. The van der Waals surface area contributed by atoms with Crippen LogP contribution in [0.4, 0.5) is 0 Å². The Bertz CT molecular complexity index is 373. The molecule has 0 heterocycles. The van der Waals surface area contributed by atoms with E-state index in [1.54, 1.807) is 0 Å². The predicted octanol–water partition coefficient (Wildman–Crippen LogP) is 2.30. The second-order valence-corrected chi connectivity index (χ2v) is 3.82. The van der Waals surface area contributed by atoms with E-state index in [0.29, 0.717) is 12.2 Å². The molecule has 0 spiro atoms. The van der Waals surface area contributed by atoms with Crippen molar-refractivity contribution in [2.75, 3.05) is 0 Å². The van der Waals surface area contributed by atoms with Crippen LogP contribution in [0, 0.1) is 16.7 Å². The molecule has 5 heteroatoms. The maximum absolute atomic E-state index is 8.52. The van der Waals surface area contributed by atoms with Crippen LogP contribution in [-0.2, 0) is 12.2 Å². The topological polar surface area (TPSA) is 73.7 Å². The van der Waals surface area contributed by atoms with Gasteiger partial charge in [0.05, 0.1) is 12.5 Å². The lowest BCUT2D eigenvalue weighted by molar-refractivity contribution is 1.24. The van der Waals surface area contributed by atoms with Crippen molar-refractivity contribution < 1.29 is 0 Å². The Balaban J connectivity index is 0.00000196. The molecule has 0 aliphatic carbocycles. The van der Waals surface area contributed by atoms with Crippen molar-refractivity contribution in [1.82, 2.24) is 0 Å². The fourth-order valence-corrected chi connectivity index (χ4v) is 1.58. The number of nitrogens with zero attached hydrogens (tertiary/aromatic N) is 1. The second kappa shape index (κ2) is 7.16. The van der Waals surface area contributed by atoms with E-state index in [4.69, 9.17) is 16.4 Å². The number of thioether (sulfide) groups is 1. The van der Waals surface area contributed by atoms with Crippen LogP contribution in [0.15, 0.2) is 24.3 Å². The van der Waals surface area contributed by atoms with Gasteiger partial charge >= 0.3 is 0 Å². The van der Waals surface area contributed by atoms with Gasteiger partial charge in [-0.05, 0) is 11.1 Å². The summed E-state index contributed by atoms with van der Waals surface area (Å²) >= 11 is 1.29. The number of nitriles is 1. The molecular weight excluding hydrogens is 230 g/mol. The van der Waals surface area contributed by atoms with E-state index in [-0.39, 0.29) is 17.6 Å². The number of benzene rings is 1. The van der Waals surface area contributed by atoms with Gasteiger partial charge in [0.1, 0.15) is 0 Å². The molecule has 80 valence electrons. The number of halogens is 1. The van der Waals surface area contributed by atoms with Crippen LogP contribution in [0.1, 0.15) is 11.1 Å². The van der Waals surface area contributed by atoms with Crippen molar-refractivity contribution in [2.45, 2.75) is 12.2 Å². The number of nitrogens with one attached hydrogen (secondary N) is 1. The van der Waals surface area contributed by atoms with Gasteiger partial charge in [-0.25, -0.2) is 0 Å². The van der Waals surface area contributed by atoms with Crippen molar-refractivity contribution in [2.24, 2.45) is 5.73 Å². The third kappa shape index (κ3) is 5.31. The van der Waals surface area contributed by atoms with Gasteiger partial charge < -0.3 is 5.73 Å². The summed E-state index contributed by atoms with van der Waals surface area (Å²) in [5, 5.41) is 15.7. The Morgan fingerprint density at radius 1 is 1.47 bits per heavy atom. The van der Waals surface area contributed by atoms with Crippen molar-refractivity contribution in [3.8, 4) is 6.07 Å². The largest absolute Gasteiger partial charge is 0.379 e. The van der Waals surface area contributed by atoms with Gasteiger partial charge in [0.2, 0.25) is 0 Å². The lowest BCUT2D eigenvalue weighted by Gasteiger charge is -2.01. The number of amidine groups is 1. The molecule has 0 aliphatic rings. The number of rotatable bonds is 3. The van der Waals surface area contributed by atoms with Crippen molar-refractivity contribution in [3.63, 3.8) is 0 Å². The molecule has 0 aromatic heterocycles. The fourth-order valence-electron chi connectivity index (χ4n) is 1.08. The summed E-state index contributed by atoms with van der Waals surface area (Å²) < 4.78 is 0. The average Bonchev–Trinajstić information content (AvgIpc) is 2.16. The van der Waals surface area contributed by atoms with E-state index < -0.39 is 0 Å². The highest BCUT2D eigenvalue weighted by Crippen LogP contribution is 2.13. The molecule has 1 aromatic rings. The Kier molecular flexibility index (Phi) is 6.59. The molecule has 3 N–H and O–H groups in total. The normalized spacial score (nSPS) is 8.73. The maximum atomic E-state index is 8.52. The minimum Gasteiger partial charge on any atom is -0.379 e. The first-order chi connectivity index (χ1) is 6.72. The van der Waals surface area contributed by atoms with E-state index in [1.807, 2.05) is 24.3 Å². The van der Waals surface area contributed by atoms with Crippen LogP contribution < -0.4 is 5.73 Å². The van der Waals surface area contributed by atoms with Crippen LogP contribution in [0.25, 0.3) is 0 Å². The van der Waals surface area contributed by atoms with Gasteiger partial charge in [0.15, 0.2) is 5.17 Å². The average molecular weight is 242 g/mol. The zero-order valence-electron chi connectivity index (χ0n) is 8.06. The molecule has 0 unspecified atom stereocenters. The number of nitrogens with two attached hydrogens (primary N) is 1. The van der Waals surface area contributed by atoms with Crippen molar-refractivity contribution in [1.29, 1.82) is 10.7 Å². The fraction of sp³-hybridized carbons (Fsp3) is 0.200. The van der Waals surface area contributed by atoms with E-state index in [1.165, 1.54) is 11.8 Å². The molecule has 0 radical (unpaired) electrons. The van der Waals surface area contributed by atoms with E-state index >= 15 is 0 Å². The predicted molar refractivity (Wildman–Crippen MR) is 66.2 cm³/mol. The molecule has 15 heavy (non-hydrogen) atoms. The van der Waals surface area contributed by atoms with E-state index in [2.05, 4.69) is 6.07 Å². The minimum atomic E-state index is 0. The molecule has 0 saturated carbocycles. The summed E-state index contributed by atoms with van der Waals surface area (Å²) in [6.45, 7) is 0. The Hall–Kier alpha value is -1.18. The standard InChI is InChI=1S/C10H11N3S.ClH/c11-5-4-8-2-1-3-9(6-8)7-14-10(12)13;/h1-3,6H,4,7H2,(H3,12,13);1H. The number of hydrogen-bond donors (Lipinski definition) is 2. The smallest absolute Gasteiger partial charge is 0.151 e. The monoisotopic (exact) mass is 241 g/mol. The molecule has 0 amide bonds. The molecule has 0 bridgehead atoms. The van der Waals surface area contributed by atoms with Crippen LogP contribution in [-0.4, -0.2) is 5.17 Å². The molecular formula is C10H12ClN3S. The third-order valence-electron chi connectivity index (χ3n) is 1.67. The summed E-state index contributed by atoms with van der Waals surface area (Å²) in [4.78, 5) is 0. The maximum Gasteiger partial charge on any atom is 0.151 e. The zero-order chi connectivity index (χ0) is 10.4. The molecule has 3 nitrogen and oxygen atoms in total. The first-order valence-corrected chi connectivity index (χ1v) is 5.12. The van der Waals surface area contributed by atoms with Crippen LogP contribution in [0.5, 0.6) is 0 Å². The quantitative estimate of drug-likeness (QED) is 0.630. The molecule has 0 aliphatic heterocycles. The summed E-state index contributed by atoms with van der Waals surface area (Å²) in [6, 6.07) is 9.88. The highest BCUT2D eigenvalue weighted by Gasteiger charge is 1.97. The first kappa shape index (κ1) is 13.8. The van der Waals surface area contributed by atoms with Gasteiger partial charge in [-0.15, -0.1) is 12.4 Å². The lowest BCUT2D eigenvalue weighted by Crippen LogP contribution is -2.03. The van der Waals surface area contributed by atoms with Gasteiger partial charge in [0, 0.05) is 5.75 Å². The lowest BCUT2D eigenvalue weighted by atomic mass is 10.1. The molecule has 1 rings (SSSR count). The van der Waals surface area contributed by atoms with Gasteiger partial charge in [-0.2, -0.15) is 5.26 Å². The van der Waals surface area contributed by atoms with Gasteiger partial charge in [-0.3, -0.25) is 5.41 Å². The van der Waals surface area contributed by atoms with Crippen LogP contribution in [0.2, 0.25) is 0 Å².